The molecule has 2 rings (SSSR count). The fourth-order valence-electron chi connectivity index (χ4n) is 2.40. The van der Waals surface area contributed by atoms with Crippen molar-refractivity contribution in [2.45, 2.75) is 25.8 Å². The van der Waals surface area contributed by atoms with E-state index in [1.54, 1.807) is 7.11 Å². The van der Waals surface area contributed by atoms with Gasteiger partial charge in [-0.05, 0) is 44.0 Å². The number of nitrogens with one attached hydrogen (secondary N) is 2. The molecule has 0 spiro atoms. The summed E-state index contributed by atoms with van der Waals surface area (Å²) in [7, 11) is 1.65. The van der Waals surface area contributed by atoms with Crippen LogP contribution in [0.4, 0.5) is 0 Å². The second kappa shape index (κ2) is 8.12. The van der Waals surface area contributed by atoms with Crippen molar-refractivity contribution in [2.75, 3.05) is 20.2 Å². The number of carbonyl (C=O) groups is 1. The number of hydrogen-bond donors (Lipinski definition) is 2. The van der Waals surface area contributed by atoms with E-state index in [-0.39, 0.29) is 30.3 Å². The van der Waals surface area contributed by atoms with Crippen molar-refractivity contribution in [2.24, 2.45) is 5.92 Å². The van der Waals surface area contributed by atoms with Gasteiger partial charge in [-0.3, -0.25) is 4.79 Å². The summed E-state index contributed by atoms with van der Waals surface area (Å²) in [5.41, 5.74) is 1.07. The Morgan fingerprint density at radius 3 is 2.95 bits per heavy atom. The maximum absolute atomic E-state index is 12.2. The minimum atomic E-state index is 0. The van der Waals surface area contributed by atoms with Gasteiger partial charge in [0.1, 0.15) is 5.75 Å². The first-order valence-corrected chi connectivity index (χ1v) is 6.85. The van der Waals surface area contributed by atoms with E-state index in [1.807, 2.05) is 31.2 Å². The topological polar surface area (TPSA) is 50.4 Å². The smallest absolute Gasteiger partial charge is 0.224 e. The van der Waals surface area contributed by atoms with Crippen LogP contribution in [-0.2, 0) is 4.79 Å². The number of hydrogen-bond acceptors (Lipinski definition) is 3. The average Bonchev–Trinajstić information content (AvgIpc) is 2.48. The van der Waals surface area contributed by atoms with Crippen molar-refractivity contribution in [3.05, 3.63) is 29.8 Å². The third kappa shape index (κ3) is 4.39. The number of ether oxygens (including phenoxy) is 1. The van der Waals surface area contributed by atoms with Crippen molar-refractivity contribution in [3.63, 3.8) is 0 Å². The van der Waals surface area contributed by atoms with Crippen LogP contribution in [0, 0.1) is 5.92 Å². The number of carbonyl (C=O) groups excluding carboxylic acids is 1. The Kier molecular flexibility index (Phi) is 6.82. The highest BCUT2D eigenvalue weighted by Crippen LogP contribution is 2.20. The molecule has 4 nitrogen and oxygen atoms in total. The third-order valence-corrected chi connectivity index (χ3v) is 3.62. The van der Waals surface area contributed by atoms with Gasteiger partial charge in [0, 0.05) is 6.54 Å². The summed E-state index contributed by atoms with van der Waals surface area (Å²) in [6.07, 6.45) is 2.05. The number of halogens is 1. The lowest BCUT2D eigenvalue weighted by Gasteiger charge is -2.24. The van der Waals surface area contributed by atoms with Gasteiger partial charge in [-0.25, -0.2) is 0 Å². The Labute approximate surface area is 126 Å². The molecular weight excluding hydrogens is 276 g/mol. The van der Waals surface area contributed by atoms with Crippen molar-refractivity contribution >= 4 is 18.3 Å². The Hall–Kier alpha value is -1.26. The molecule has 5 heteroatoms. The molecule has 0 saturated carbocycles. The maximum Gasteiger partial charge on any atom is 0.224 e. The van der Waals surface area contributed by atoms with Gasteiger partial charge in [0.15, 0.2) is 0 Å². The molecule has 20 heavy (non-hydrogen) atoms. The first-order chi connectivity index (χ1) is 9.20. The van der Waals surface area contributed by atoms with Crippen LogP contribution in [0.2, 0.25) is 0 Å². The first-order valence-electron chi connectivity index (χ1n) is 6.85. The zero-order chi connectivity index (χ0) is 13.7. The second-order valence-electron chi connectivity index (χ2n) is 5.05. The predicted octanol–water partition coefficient (Wildman–Crippen LogP) is 2.29. The van der Waals surface area contributed by atoms with Crippen LogP contribution in [-0.4, -0.2) is 26.1 Å². The molecule has 0 radical (unpaired) electrons. The molecule has 1 amide bonds. The minimum absolute atomic E-state index is 0. The van der Waals surface area contributed by atoms with Gasteiger partial charge in [0.2, 0.25) is 5.91 Å². The lowest BCUT2D eigenvalue weighted by atomic mass is 9.98. The molecule has 112 valence electrons. The van der Waals surface area contributed by atoms with Crippen molar-refractivity contribution in [1.29, 1.82) is 0 Å². The zero-order valence-electron chi connectivity index (χ0n) is 12.0. The lowest BCUT2D eigenvalue weighted by molar-refractivity contribution is -0.126. The Bertz CT molecular complexity index is 434. The Balaban J connectivity index is 0.00000200. The van der Waals surface area contributed by atoms with E-state index in [0.29, 0.717) is 0 Å². The van der Waals surface area contributed by atoms with Crippen LogP contribution >= 0.6 is 12.4 Å². The molecule has 1 aliphatic heterocycles. The number of amides is 1. The van der Waals surface area contributed by atoms with Crippen LogP contribution in [0.1, 0.15) is 31.4 Å². The van der Waals surface area contributed by atoms with Crippen LogP contribution < -0.4 is 15.4 Å². The maximum atomic E-state index is 12.2. The normalized spacial score (nSPS) is 19.6. The fourth-order valence-corrected chi connectivity index (χ4v) is 2.40. The third-order valence-electron chi connectivity index (χ3n) is 3.62. The summed E-state index contributed by atoms with van der Waals surface area (Å²) in [5, 5.41) is 6.35. The van der Waals surface area contributed by atoms with Crippen LogP contribution in [0.3, 0.4) is 0 Å². The fraction of sp³-hybridized carbons (Fsp3) is 0.533. The number of benzene rings is 1. The summed E-state index contributed by atoms with van der Waals surface area (Å²) < 4.78 is 5.20. The quantitative estimate of drug-likeness (QED) is 0.897. The van der Waals surface area contributed by atoms with E-state index >= 15 is 0 Å². The lowest BCUT2D eigenvalue weighted by Crippen LogP contribution is -2.41. The van der Waals surface area contributed by atoms with E-state index in [9.17, 15) is 4.79 Å². The minimum Gasteiger partial charge on any atom is -0.497 e. The summed E-state index contributed by atoms with van der Waals surface area (Å²) in [6.45, 7) is 3.81. The second-order valence-corrected chi connectivity index (χ2v) is 5.05. The van der Waals surface area contributed by atoms with E-state index in [0.717, 1.165) is 37.2 Å². The first kappa shape index (κ1) is 16.8. The van der Waals surface area contributed by atoms with E-state index < -0.39 is 0 Å². The van der Waals surface area contributed by atoms with E-state index in [4.69, 9.17) is 4.74 Å². The average molecular weight is 299 g/mol. The number of rotatable bonds is 4. The number of methoxy groups -OCH3 is 1. The highest BCUT2D eigenvalue weighted by molar-refractivity contribution is 5.85. The van der Waals surface area contributed by atoms with Gasteiger partial charge in [-0.15, -0.1) is 12.4 Å². The molecular formula is C15H23ClN2O2. The van der Waals surface area contributed by atoms with Crippen LogP contribution in [0.25, 0.3) is 0 Å². The van der Waals surface area contributed by atoms with Gasteiger partial charge in [-0.2, -0.15) is 0 Å². The highest BCUT2D eigenvalue weighted by atomic mass is 35.5. The molecule has 1 aromatic carbocycles. The summed E-state index contributed by atoms with van der Waals surface area (Å²) >= 11 is 0. The van der Waals surface area contributed by atoms with Gasteiger partial charge in [0.25, 0.3) is 0 Å². The molecule has 1 unspecified atom stereocenters. The SMILES string of the molecule is COc1cccc(C(C)NC(=O)[C@@H]2CCCNC2)c1.Cl. The zero-order valence-corrected chi connectivity index (χ0v) is 12.8. The van der Waals surface area contributed by atoms with Gasteiger partial charge < -0.3 is 15.4 Å². The van der Waals surface area contributed by atoms with Crippen LogP contribution in [0.5, 0.6) is 5.75 Å². The largest absolute Gasteiger partial charge is 0.497 e. The molecule has 1 aliphatic rings. The number of piperidine rings is 1. The molecule has 1 fully saturated rings. The molecule has 1 aromatic rings. The Morgan fingerprint density at radius 1 is 1.50 bits per heavy atom. The van der Waals surface area contributed by atoms with Gasteiger partial charge >= 0.3 is 0 Å². The summed E-state index contributed by atoms with van der Waals surface area (Å²) in [5.74, 6) is 1.06. The molecule has 0 aromatic heterocycles. The molecule has 1 heterocycles. The van der Waals surface area contributed by atoms with E-state index in [1.165, 1.54) is 0 Å². The molecule has 2 atom stereocenters. The molecule has 0 bridgehead atoms. The molecule has 1 saturated heterocycles. The Morgan fingerprint density at radius 2 is 2.30 bits per heavy atom. The predicted molar refractivity (Wildman–Crippen MR) is 82.4 cm³/mol. The van der Waals surface area contributed by atoms with E-state index in [2.05, 4.69) is 10.6 Å². The highest BCUT2D eigenvalue weighted by Gasteiger charge is 2.22. The molecule has 2 N–H and O–H groups in total. The molecule has 0 aliphatic carbocycles. The van der Waals surface area contributed by atoms with Gasteiger partial charge in [0.05, 0.1) is 19.1 Å². The van der Waals surface area contributed by atoms with Crippen molar-refractivity contribution in [3.8, 4) is 5.75 Å². The standard InChI is InChI=1S/C15H22N2O2.ClH/c1-11(12-5-3-7-14(9-12)19-2)17-15(18)13-6-4-8-16-10-13;/h3,5,7,9,11,13,16H,4,6,8,10H2,1-2H3,(H,17,18);1H/t11?,13-;/m1./s1. The monoisotopic (exact) mass is 298 g/mol. The van der Waals surface area contributed by atoms with Crippen LogP contribution in [0.15, 0.2) is 24.3 Å². The van der Waals surface area contributed by atoms with Gasteiger partial charge in [-0.1, -0.05) is 12.1 Å². The van der Waals surface area contributed by atoms with Crippen molar-refractivity contribution in [1.82, 2.24) is 10.6 Å². The van der Waals surface area contributed by atoms with Crippen molar-refractivity contribution < 1.29 is 9.53 Å². The summed E-state index contributed by atoms with van der Waals surface area (Å²) in [6, 6.07) is 7.82. The summed E-state index contributed by atoms with van der Waals surface area (Å²) in [4.78, 5) is 12.2.